The van der Waals surface area contributed by atoms with Crippen molar-refractivity contribution in [3.63, 3.8) is 0 Å². The Balaban J connectivity index is 2.59. The Morgan fingerprint density at radius 2 is 1.83 bits per heavy atom. The normalized spacial score (nSPS) is 11.9. The Hall–Kier alpha value is -1.64. The van der Waals surface area contributed by atoms with Crippen molar-refractivity contribution in [2.24, 2.45) is 7.05 Å². The van der Waals surface area contributed by atoms with Crippen LogP contribution in [0.15, 0.2) is 24.4 Å². The van der Waals surface area contributed by atoms with Gasteiger partial charge in [0.25, 0.3) is 0 Å². The highest BCUT2D eigenvalue weighted by Crippen LogP contribution is 2.31. The Morgan fingerprint density at radius 3 is 2.39 bits per heavy atom. The van der Waals surface area contributed by atoms with E-state index in [0.29, 0.717) is 0 Å². The van der Waals surface area contributed by atoms with Crippen LogP contribution in [0.1, 0.15) is 20.8 Å². The zero-order valence-corrected chi connectivity index (χ0v) is 12.2. The number of benzene rings is 1. The van der Waals surface area contributed by atoms with Crippen LogP contribution in [0, 0.1) is 0 Å². The summed E-state index contributed by atoms with van der Waals surface area (Å²) in [5.74, 6) is 0. The van der Waals surface area contributed by atoms with Crippen molar-refractivity contribution in [2.45, 2.75) is 26.3 Å². The van der Waals surface area contributed by atoms with E-state index in [2.05, 4.69) is 81.1 Å². The second-order valence-electron chi connectivity index (χ2n) is 6.12. The van der Waals surface area contributed by atoms with Gasteiger partial charge in [-0.25, -0.2) is 0 Å². The molecule has 0 saturated carbocycles. The lowest BCUT2D eigenvalue weighted by atomic mass is 10.1. The highest BCUT2D eigenvalue weighted by molar-refractivity contribution is 5.95. The number of hydrogen-bond acceptors (Lipinski definition) is 2. The topological polar surface area (TPSA) is 20.2 Å². The molecule has 3 nitrogen and oxygen atoms in total. The molecule has 0 spiro atoms. The fourth-order valence-corrected chi connectivity index (χ4v) is 2.23. The molecular formula is C15H23N3. The van der Waals surface area contributed by atoms with Crippen molar-refractivity contribution in [3.05, 3.63) is 24.4 Å². The van der Waals surface area contributed by atoms with Crippen molar-refractivity contribution in [1.82, 2.24) is 4.57 Å². The number of rotatable bonds is 2. The average Bonchev–Trinajstić information content (AvgIpc) is 2.57. The van der Waals surface area contributed by atoms with E-state index in [0.717, 1.165) is 0 Å². The Morgan fingerprint density at radius 1 is 1.17 bits per heavy atom. The third-order valence-electron chi connectivity index (χ3n) is 2.98. The summed E-state index contributed by atoms with van der Waals surface area (Å²) in [5, 5.41) is 4.84. The van der Waals surface area contributed by atoms with Gasteiger partial charge in [-0.15, -0.1) is 0 Å². The van der Waals surface area contributed by atoms with Gasteiger partial charge in [0.2, 0.25) is 0 Å². The van der Waals surface area contributed by atoms with Crippen molar-refractivity contribution in [2.75, 3.05) is 24.3 Å². The SMILES string of the molecule is CN(C)c1cc(NC(C)(C)C)cc2c1ccn2C. The molecule has 0 amide bonds. The molecule has 0 radical (unpaired) electrons. The summed E-state index contributed by atoms with van der Waals surface area (Å²) in [6.45, 7) is 6.53. The van der Waals surface area contributed by atoms with Gasteiger partial charge in [0.1, 0.15) is 0 Å². The molecule has 2 aromatic rings. The summed E-state index contributed by atoms with van der Waals surface area (Å²) >= 11 is 0. The molecule has 1 aromatic heterocycles. The van der Waals surface area contributed by atoms with Gasteiger partial charge in [-0.2, -0.15) is 0 Å². The maximum atomic E-state index is 3.55. The summed E-state index contributed by atoms with van der Waals surface area (Å²) in [6, 6.07) is 6.60. The van der Waals surface area contributed by atoms with Gasteiger partial charge >= 0.3 is 0 Å². The van der Waals surface area contributed by atoms with Gasteiger partial charge in [0.15, 0.2) is 0 Å². The molecule has 1 heterocycles. The molecule has 1 N–H and O–H groups in total. The van der Waals surface area contributed by atoms with E-state index < -0.39 is 0 Å². The standard InChI is InChI=1S/C15H23N3/c1-15(2,3)16-11-9-13(17(4)5)12-7-8-18(6)14(12)10-11/h7-10,16H,1-6H3. The lowest BCUT2D eigenvalue weighted by Gasteiger charge is -2.24. The predicted octanol–water partition coefficient (Wildman–Crippen LogP) is 3.45. The fraction of sp³-hybridized carbons (Fsp3) is 0.467. The number of aryl methyl sites for hydroxylation is 1. The smallest absolute Gasteiger partial charge is 0.0519 e. The van der Waals surface area contributed by atoms with Crippen LogP contribution in [0.3, 0.4) is 0 Å². The number of anilines is 2. The first-order valence-electron chi connectivity index (χ1n) is 6.32. The number of nitrogens with one attached hydrogen (secondary N) is 1. The highest BCUT2D eigenvalue weighted by Gasteiger charge is 2.13. The lowest BCUT2D eigenvalue weighted by Crippen LogP contribution is -2.26. The molecule has 0 unspecified atom stereocenters. The first-order chi connectivity index (χ1) is 8.28. The Labute approximate surface area is 109 Å². The van der Waals surface area contributed by atoms with E-state index in [4.69, 9.17) is 0 Å². The fourth-order valence-electron chi connectivity index (χ4n) is 2.23. The van der Waals surface area contributed by atoms with Crippen LogP contribution in [0.5, 0.6) is 0 Å². The summed E-state index contributed by atoms with van der Waals surface area (Å²) in [5.41, 5.74) is 3.75. The number of hydrogen-bond donors (Lipinski definition) is 1. The van der Waals surface area contributed by atoms with Gasteiger partial charge in [0, 0.05) is 49.6 Å². The molecule has 2 rings (SSSR count). The van der Waals surface area contributed by atoms with E-state index in [1.807, 2.05) is 0 Å². The molecule has 0 aliphatic rings. The molecule has 0 aliphatic heterocycles. The van der Waals surface area contributed by atoms with Crippen molar-refractivity contribution in [3.8, 4) is 0 Å². The Kier molecular flexibility index (Phi) is 3.01. The zero-order chi connectivity index (χ0) is 13.5. The molecule has 0 atom stereocenters. The third-order valence-corrected chi connectivity index (χ3v) is 2.98. The molecule has 0 saturated heterocycles. The van der Waals surface area contributed by atoms with Crippen LogP contribution in [-0.2, 0) is 7.05 Å². The molecule has 98 valence electrons. The second-order valence-corrected chi connectivity index (χ2v) is 6.12. The van der Waals surface area contributed by atoms with Crippen LogP contribution in [0.2, 0.25) is 0 Å². The average molecular weight is 245 g/mol. The maximum absolute atomic E-state index is 3.55. The van der Waals surface area contributed by atoms with Crippen LogP contribution < -0.4 is 10.2 Å². The minimum Gasteiger partial charge on any atom is -0.380 e. The molecule has 18 heavy (non-hydrogen) atoms. The van der Waals surface area contributed by atoms with E-state index in [1.165, 1.54) is 22.3 Å². The zero-order valence-electron chi connectivity index (χ0n) is 12.2. The van der Waals surface area contributed by atoms with E-state index in [-0.39, 0.29) is 5.54 Å². The number of fused-ring (bicyclic) bond motifs is 1. The second kappa shape index (κ2) is 4.23. The van der Waals surface area contributed by atoms with Crippen LogP contribution in [-0.4, -0.2) is 24.2 Å². The van der Waals surface area contributed by atoms with Gasteiger partial charge < -0.3 is 14.8 Å². The van der Waals surface area contributed by atoms with E-state index in [1.54, 1.807) is 0 Å². The number of aromatic nitrogens is 1. The van der Waals surface area contributed by atoms with Gasteiger partial charge in [-0.1, -0.05) is 0 Å². The summed E-state index contributed by atoms with van der Waals surface area (Å²) in [7, 11) is 6.26. The molecular weight excluding hydrogens is 222 g/mol. The lowest BCUT2D eigenvalue weighted by molar-refractivity contribution is 0.634. The molecule has 0 fully saturated rings. The van der Waals surface area contributed by atoms with Crippen LogP contribution in [0.4, 0.5) is 11.4 Å². The van der Waals surface area contributed by atoms with E-state index in [9.17, 15) is 0 Å². The van der Waals surface area contributed by atoms with Crippen molar-refractivity contribution >= 4 is 22.3 Å². The van der Waals surface area contributed by atoms with Crippen molar-refractivity contribution < 1.29 is 0 Å². The summed E-state index contributed by atoms with van der Waals surface area (Å²) in [6.07, 6.45) is 2.11. The summed E-state index contributed by atoms with van der Waals surface area (Å²) < 4.78 is 2.16. The highest BCUT2D eigenvalue weighted by atomic mass is 15.1. The minimum absolute atomic E-state index is 0.0718. The minimum atomic E-state index is 0.0718. The predicted molar refractivity (Wildman–Crippen MR) is 80.6 cm³/mol. The van der Waals surface area contributed by atoms with Crippen molar-refractivity contribution in [1.29, 1.82) is 0 Å². The summed E-state index contributed by atoms with van der Waals surface area (Å²) in [4.78, 5) is 2.16. The van der Waals surface area contributed by atoms with E-state index >= 15 is 0 Å². The maximum Gasteiger partial charge on any atom is 0.0519 e. The van der Waals surface area contributed by atoms with Gasteiger partial charge in [-0.3, -0.25) is 0 Å². The number of nitrogens with zero attached hydrogens (tertiary/aromatic N) is 2. The molecule has 0 aliphatic carbocycles. The molecule has 0 bridgehead atoms. The first-order valence-corrected chi connectivity index (χ1v) is 6.32. The largest absolute Gasteiger partial charge is 0.380 e. The quantitative estimate of drug-likeness (QED) is 0.874. The van der Waals surface area contributed by atoms with Gasteiger partial charge in [0.05, 0.1) is 5.52 Å². The molecule has 3 heteroatoms. The van der Waals surface area contributed by atoms with Crippen LogP contribution in [0.25, 0.3) is 10.9 Å². The molecule has 1 aromatic carbocycles. The Bertz CT molecular complexity index is 559. The third kappa shape index (κ3) is 2.45. The first kappa shape index (κ1) is 12.8. The van der Waals surface area contributed by atoms with Gasteiger partial charge in [-0.05, 0) is 39.0 Å². The monoisotopic (exact) mass is 245 g/mol. The van der Waals surface area contributed by atoms with Crippen LogP contribution >= 0.6 is 0 Å².